The Hall–Kier alpha value is -1.67. The summed E-state index contributed by atoms with van der Waals surface area (Å²) < 4.78 is 0. The number of rotatable bonds is 4. The fourth-order valence-corrected chi connectivity index (χ4v) is 2.34. The molecule has 0 bridgehead atoms. The minimum Gasteiger partial charge on any atom is -0.313 e. The largest absolute Gasteiger partial charge is 0.313 e. The summed E-state index contributed by atoms with van der Waals surface area (Å²) in [5, 5.41) is 3.41. The number of aryl methyl sites for hydroxylation is 2. The maximum absolute atomic E-state index is 4.06. The van der Waals surface area contributed by atoms with Crippen LogP contribution in [0.4, 0.5) is 0 Å². The minimum atomic E-state index is 0.355. The van der Waals surface area contributed by atoms with E-state index in [4.69, 9.17) is 0 Å². The molecule has 1 unspecified atom stereocenters. The molecule has 1 aromatic carbocycles. The van der Waals surface area contributed by atoms with Crippen LogP contribution in [-0.4, -0.2) is 12.0 Å². The zero-order valence-corrected chi connectivity index (χ0v) is 11.3. The molecule has 0 aliphatic heterocycles. The molecule has 2 nitrogen and oxygen atoms in total. The van der Waals surface area contributed by atoms with Crippen molar-refractivity contribution in [1.82, 2.24) is 10.3 Å². The maximum atomic E-state index is 4.06. The molecule has 1 heterocycles. The van der Waals surface area contributed by atoms with Gasteiger partial charge in [-0.25, -0.2) is 0 Å². The van der Waals surface area contributed by atoms with Crippen molar-refractivity contribution in [2.45, 2.75) is 26.3 Å². The van der Waals surface area contributed by atoms with Gasteiger partial charge in [0.15, 0.2) is 0 Å². The monoisotopic (exact) mass is 240 g/mol. The van der Waals surface area contributed by atoms with E-state index in [9.17, 15) is 0 Å². The average molecular weight is 240 g/mol. The summed E-state index contributed by atoms with van der Waals surface area (Å²) in [6, 6.07) is 11.2. The normalized spacial score (nSPS) is 12.4. The molecule has 2 heteroatoms. The van der Waals surface area contributed by atoms with Crippen LogP contribution < -0.4 is 5.32 Å². The smallest absolute Gasteiger partial charge is 0.0361 e. The summed E-state index contributed by atoms with van der Waals surface area (Å²) in [7, 11) is 2.02. The third kappa shape index (κ3) is 2.96. The van der Waals surface area contributed by atoms with Gasteiger partial charge in [0.1, 0.15) is 0 Å². The molecule has 0 spiro atoms. The Morgan fingerprint density at radius 1 is 1.11 bits per heavy atom. The lowest BCUT2D eigenvalue weighted by Crippen LogP contribution is -2.19. The van der Waals surface area contributed by atoms with Gasteiger partial charge in [-0.3, -0.25) is 4.98 Å². The Morgan fingerprint density at radius 3 is 2.44 bits per heavy atom. The molecule has 0 saturated carbocycles. The molecule has 18 heavy (non-hydrogen) atoms. The maximum Gasteiger partial charge on any atom is 0.0361 e. The topological polar surface area (TPSA) is 24.9 Å². The second kappa shape index (κ2) is 5.78. The van der Waals surface area contributed by atoms with Gasteiger partial charge in [0.05, 0.1) is 0 Å². The van der Waals surface area contributed by atoms with Crippen molar-refractivity contribution in [2.24, 2.45) is 0 Å². The van der Waals surface area contributed by atoms with E-state index in [1.807, 2.05) is 19.4 Å². The molecule has 0 aliphatic carbocycles. The SMILES string of the molecule is CNC(Cc1ccncc1)c1ccc(C)cc1C. The van der Waals surface area contributed by atoms with Gasteiger partial charge >= 0.3 is 0 Å². The molecule has 1 aromatic heterocycles. The number of benzene rings is 1. The first-order valence-electron chi connectivity index (χ1n) is 6.34. The summed E-state index contributed by atoms with van der Waals surface area (Å²) >= 11 is 0. The lowest BCUT2D eigenvalue weighted by atomic mass is 9.95. The van der Waals surface area contributed by atoms with Crippen LogP contribution in [0.15, 0.2) is 42.7 Å². The Balaban J connectivity index is 2.23. The van der Waals surface area contributed by atoms with Crippen molar-refractivity contribution in [2.75, 3.05) is 7.05 Å². The molecular formula is C16H20N2. The van der Waals surface area contributed by atoms with E-state index in [1.54, 1.807) is 0 Å². The van der Waals surface area contributed by atoms with Crippen LogP contribution in [0.1, 0.15) is 28.3 Å². The number of hydrogen-bond acceptors (Lipinski definition) is 2. The highest BCUT2D eigenvalue weighted by atomic mass is 14.9. The van der Waals surface area contributed by atoms with E-state index < -0.39 is 0 Å². The average Bonchev–Trinajstić information content (AvgIpc) is 2.38. The molecule has 0 fully saturated rings. The molecule has 0 saturated heterocycles. The fraction of sp³-hybridized carbons (Fsp3) is 0.312. The van der Waals surface area contributed by atoms with E-state index >= 15 is 0 Å². The highest BCUT2D eigenvalue weighted by molar-refractivity contribution is 5.33. The standard InChI is InChI=1S/C16H20N2/c1-12-4-5-15(13(2)10-12)16(17-3)11-14-6-8-18-9-7-14/h4-10,16-17H,11H2,1-3H3. The van der Waals surface area contributed by atoms with E-state index in [1.165, 1.54) is 22.3 Å². The highest BCUT2D eigenvalue weighted by Gasteiger charge is 2.12. The first kappa shape index (κ1) is 12.8. The molecule has 1 atom stereocenters. The van der Waals surface area contributed by atoms with Gasteiger partial charge in [0.2, 0.25) is 0 Å². The van der Waals surface area contributed by atoms with Crippen LogP contribution in [0, 0.1) is 13.8 Å². The Morgan fingerprint density at radius 2 is 1.83 bits per heavy atom. The van der Waals surface area contributed by atoms with Crippen LogP contribution in [0.5, 0.6) is 0 Å². The van der Waals surface area contributed by atoms with Crippen LogP contribution in [0.2, 0.25) is 0 Å². The summed E-state index contributed by atoms with van der Waals surface area (Å²) in [6.07, 6.45) is 4.69. The molecule has 2 aromatic rings. The van der Waals surface area contributed by atoms with Crippen molar-refractivity contribution < 1.29 is 0 Å². The third-order valence-corrected chi connectivity index (χ3v) is 3.34. The Bertz CT molecular complexity index is 506. The van der Waals surface area contributed by atoms with Gasteiger partial charge in [0.25, 0.3) is 0 Å². The second-order valence-electron chi connectivity index (χ2n) is 4.76. The lowest BCUT2D eigenvalue weighted by Gasteiger charge is -2.19. The van der Waals surface area contributed by atoms with Crippen LogP contribution in [0.25, 0.3) is 0 Å². The van der Waals surface area contributed by atoms with Crippen molar-refractivity contribution in [3.05, 3.63) is 65.0 Å². The molecule has 0 radical (unpaired) electrons. The summed E-state index contributed by atoms with van der Waals surface area (Å²) in [5.74, 6) is 0. The van der Waals surface area contributed by atoms with Crippen molar-refractivity contribution in [1.29, 1.82) is 0 Å². The van der Waals surface area contributed by atoms with Gasteiger partial charge in [-0.15, -0.1) is 0 Å². The van der Waals surface area contributed by atoms with Gasteiger partial charge in [-0.2, -0.15) is 0 Å². The van der Waals surface area contributed by atoms with Crippen LogP contribution in [-0.2, 0) is 6.42 Å². The number of aromatic nitrogens is 1. The van der Waals surface area contributed by atoms with E-state index in [0.29, 0.717) is 6.04 Å². The molecule has 0 amide bonds. The van der Waals surface area contributed by atoms with E-state index in [-0.39, 0.29) is 0 Å². The Kier molecular flexibility index (Phi) is 4.11. The minimum absolute atomic E-state index is 0.355. The first-order valence-corrected chi connectivity index (χ1v) is 6.34. The summed E-state index contributed by atoms with van der Waals surface area (Å²) in [4.78, 5) is 4.06. The van der Waals surface area contributed by atoms with Gasteiger partial charge in [-0.1, -0.05) is 23.8 Å². The molecule has 1 N–H and O–H groups in total. The molecule has 0 aliphatic rings. The van der Waals surface area contributed by atoms with Gasteiger partial charge in [-0.05, 0) is 56.1 Å². The predicted molar refractivity (Wildman–Crippen MR) is 75.7 cm³/mol. The van der Waals surface area contributed by atoms with E-state index in [0.717, 1.165) is 6.42 Å². The quantitative estimate of drug-likeness (QED) is 0.887. The lowest BCUT2D eigenvalue weighted by molar-refractivity contribution is 0.588. The predicted octanol–water partition coefficient (Wildman–Crippen LogP) is 3.20. The number of nitrogens with one attached hydrogen (secondary N) is 1. The fourth-order valence-electron chi connectivity index (χ4n) is 2.34. The third-order valence-electron chi connectivity index (χ3n) is 3.34. The summed E-state index contributed by atoms with van der Waals surface area (Å²) in [6.45, 7) is 4.31. The molecular weight excluding hydrogens is 220 g/mol. The van der Waals surface area contributed by atoms with Gasteiger partial charge < -0.3 is 5.32 Å². The molecule has 2 rings (SSSR count). The van der Waals surface area contributed by atoms with Crippen LogP contribution >= 0.6 is 0 Å². The number of likely N-dealkylation sites (N-methyl/N-ethyl adjacent to an activating group) is 1. The number of nitrogens with zero attached hydrogens (tertiary/aromatic N) is 1. The Labute approximate surface area is 109 Å². The number of hydrogen-bond donors (Lipinski definition) is 1. The van der Waals surface area contributed by atoms with Crippen LogP contribution in [0.3, 0.4) is 0 Å². The first-order chi connectivity index (χ1) is 8.70. The zero-order valence-electron chi connectivity index (χ0n) is 11.3. The van der Waals surface area contributed by atoms with Gasteiger partial charge in [0, 0.05) is 18.4 Å². The number of pyridine rings is 1. The zero-order chi connectivity index (χ0) is 13.0. The summed E-state index contributed by atoms with van der Waals surface area (Å²) in [5.41, 5.74) is 5.35. The molecule has 94 valence electrons. The van der Waals surface area contributed by atoms with E-state index in [2.05, 4.69) is 54.5 Å². The second-order valence-corrected chi connectivity index (χ2v) is 4.76. The van der Waals surface area contributed by atoms with Crippen molar-refractivity contribution in [3.8, 4) is 0 Å². The highest BCUT2D eigenvalue weighted by Crippen LogP contribution is 2.22. The van der Waals surface area contributed by atoms with Crippen molar-refractivity contribution >= 4 is 0 Å². The van der Waals surface area contributed by atoms with Crippen molar-refractivity contribution in [3.63, 3.8) is 0 Å².